The Labute approximate surface area is 121 Å². The summed E-state index contributed by atoms with van der Waals surface area (Å²) in [6, 6.07) is 2.69. The highest BCUT2D eigenvalue weighted by atomic mass is 32.1. The van der Waals surface area contributed by atoms with Gasteiger partial charge in [-0.2, -0.15) is 0 Å². The van der Waals surface area contributed by atoms with Crippen LogP contribution < -0.4 is 10.6 Å². The molecule has 0 amide bonds. The summed E-state index contributed by atoms with van der Waals surface area (Å²) in [5.74, 6) is -3.03. The van der Waals surface area contributed by atoms with Crippen LogP contribution in [0.15, 0.2) is 12.1 Å². The molecular weight excluding hydrogens is 286 g/mol. The summed E-state index contributed by atoms with van der Waals surface area (Å²) in [5.41, 5.74) is 5.18. The number of nitrogens with zero attached hydrogens (tertiary/aromatic N) is 1. The molecule has 4 nitrogen and oxygen atoms in total. The van der Waals surface area contributed by atoms with Gasteiger partial charge in [0.05, 0.1) is 18.7 Å². The third-order valence-electron chi connectivity index (χ3n) is 2.89. The van der Waals surface area contributed by atoms with E-state index < -0.39 is 23.5 Å². The summed E-state index contributed by atoms with van der Waals surface area (Å²) >= 11 is 4.63. The van der Waals surface area contributed by atoms with Gasteiger partial charge >= 0.3 is 5.97 Å². The number of anilines is 1. The Hall–Kier alpha value is -1.76. The molecule has 0 aliphatic rings. The number of carbonyl (C=O) groups is 1. The molecule has 1 unspecified atom stereocenters. The minimum atomic E-state index is -1.09. The molecular formula is C13H16F2N2O2S. The van der Waals surface area contributed by atoms with Crippen molar-refractivity contribution < 1.29 is 18.3 Å². The summed E-state index contributed by atoms with van der Waals surface area (Å²) in [7, 11) is 2.83. The standard InChI is InChI=1S/C13H16F2N2O2S/c1-7(13(18)19-3)6-17(2)9-5-4-8(12(16)20)10(14)11(9)15/h4-5,7H,6H2,1-3H3,(H2,16,20). The molecule has 1 atom stereocenters. The molecule has 0 aromatic heterocycles. The average Bonchev–Trinajstić information content (AvgIpc) is 2.39. The van der Waals surface area contributed by atoms with Crippen LogP contribution in [0.1, 0.15) is 12.5 Å². The van der Waals surface area contributed by atoms with E-state index in [9.17, 15) is 13.6 Å². The van der Waals surface area contributed by atoms with Crippen LogP contribution in [0.5, 0.6) is 0 Å². The van der Waals surface area contributed by atoms with Crippen LogP contribution in [0.2, 0.25) is 0 Å². The number of thiocarbonyl (C=S) groups is 1. The van der Waals surface area contributed by atoms with Gasteiger partial charge in [-0.15, -0.1) is 0 Å². The summed E-state index contributed by atoms with van der Waals surface area (Å²) in [4.78, 5) is 12.5. The highest BCUT2D eigenvalue weighted by molar-refractivity contribution is 7.80. The van der Waals surface area contributed by atoms with E-state index in [-0.39, 0.29) is 22.8 Å². The van der Waals surface area contributed by atoms with Gasteiger partial charge in [0.25, 0.3) is 0 Å². The zero-order valence-corrected chi connectivity index (χ0v) is 12.3. The quantitative estimate of drug-likeness (QED) is 0.664. The SMILES string of the molecule is COC(=O)C(C)CN(C)c1ccc(C(N)=S)c(F)c1F. The lowest BCUT2D eigenvalue weighted by molar-refractivity contribution is -0.144. The number of benzene rings is 1. The number of rotatable bonds is 5. The van der Waals surface area contributed by atoms with Gasteiger partial charge in [0.15, 0.2) is 11.6 Å². The second-order valence-corrected chi connectivity index (χ2v) is 4.87. The Bertz CT molecular complexity index is 537. The maximum absolute atomic E-state index is 14.0. The predicted octanol–water partition coefficient (Wildman–Crippen LogP) is 1.84. The largest absolute Gasteiger partial charge is 0.469 e. The van der Waals surface area contributed by atoms with Gasteiger partial charge < -0.3 is 15.4 Å². The van der Waals surface area contributed by atoms with E-state index in [2.05, 4.69) is 17.0 Å². The summed E-state index contributed by atoms with van der Waals surface area (Å²) in [6.45, 7) is 1.83. The number of hydrogen-bond acceptors (Lipinski definition) is 4. The normalized spacial score (nSPS) is 11.8. The smallest absolute Gasteiger partial charge is 0.310 e. The monoisotopic (exact) mass is 302 g/mol. The molecule has 0 heterocycles. The van der Waals surface area contributed by atoms with E-state index in [4.69, 9.17) is 5.73 Å². The zero-order chi connectivity index (χ0) is 15.4. The molecule has 7 heteroatoms. The second-order valence-electron chi connectivity index (χ2n) is 4.43. The Kier molecular flexibility index (Phi) is 5.38. The number of methoxy groups -OCH3 is 1. The lowest BCUT2D eigenvalue weighted by atomic mass is 10.1. The maximum Gasteiger partial charge on any atom is 0.310 e. The van der Waals surface area contributed by atoms with Crippen molar-refractivity contribution in [2.75, 3.05) is 25.6 Å². The topological polar surface area (TPSA) is 55.6 Å². The maximum atomic E-state index is 14.0. The van der Waals surface area contributed by atoms with Gasteiger partial charge in [-0.3, -0.25) is 4.79 Å². The molecule has 20 heavy (non-hydrogen) atoms. The van der Waals surface area contributed by atoms with Crippen molar-refractivity contribution >= 4 is 28.9 Å². The Morgan fingerprint density at radius 2 is 2.05 bits per heavy atom. The molecule has 2 N–H and O–H groups in total. The van der Waals surface area contributed by atoms with Crippen molar-refractivity contribution in [3.8, 4) is 0 Å². The molecule has 0 aliphatic carbocycles. The zero-order valence-electron chi connectivity index (χ0n) is 11.4. The van der Waals surface area contributed by atoms with Gasteiger partial charge in [-0.1, -0.05) is 19.1 Å². The molecule has 0 radical (unpaired) electrons. The first kappa shape index (κ1) is 16.3. The van der Waals surface area contributed by atoms with Crippen molar-refractivity contribution in [1.82, 2.24) is 0 Å². The van der Waals surface area contributed by atoms with Crippen LogP contribution in [0.25, 0.3) is 0 Å². The molecule has 1 aromatic carbocycles. The van der Waals surface area contributed by atoms with E-state index in [0.717, 1.165) is 0 Å². The second kappa shape index (κ2) is 6.60. The van der Waals surface area contributed by atoms with E-state index in [0.29, 0.717) is 0 Å². The van der Waals surface area contributed by atoms with Gasteiger partial charge in [0.2, 0.25) is 0 Å². The molecule has 1 rings (SSSR count). The van der Waals surface area contributed by atoms with Crippen molar-refractivity contribution in [2.45, 2.75) is 6.92 Å². The predicted molar refractivity (Wildman–Crippen MR) is 76.7 cm³/mol. The number of hydrogen-bond donors (Lipinski definition) is 1. The fraction of sp³-hybridized carbons (Fsp3) is 0.385. The fourth-order valence-electron chi connectivity index (χ4n) is 1.81. The fourth-order valence-corrected chi connectivity index (χ4v) is 1.97. The van der Waals surface area contributed by atoms with Crippen LogP contribution in [0.3, 0.4) is 0 Å². The summed E-state index contributed by atoms with van der Waals surface area (Å²) in [5, 5.41) is 0. The van der Waals surface area contributed by atoms with Gasteiger partial charge in [-0.25, -0.2) is 8.78 Å². The third-order valence-corrected chi connectivity index (χ3v) is 3.11. The van der Waals surface area contributed by atoms with E-state index in [1.165, 1.54) is 24.1 Å². The number of esters is 1. The van der Waals surface area contributed by atoms with Crippen molar-refractivity contribution in [1.29, 1.82) is 0 Å². The van der Waals surface area contributed by atoms with Gasteiger partial charge in [0.1, 0.15) is 4.99 Å². The van der Waals surface area contributed by atoms with Crippen molar-refractivity contribution in [3.63, 3.8) is 0 Å². The van der Waals surface area contributed by atoms with Crippen LogP contribution in [0.4, 0.5) is 14.5 Å². The number of halogens is 2. The molecule has 110 valence electrons. The molecule has 0 bridgehead atoms. The first-order valence-electron chi connectivity index (χ1n) is 5.86. The van der Waals surface area contributed by atoms with E-state index >= 15 is 0 Å². The van der Waals surface area contributed by atoms with E-state index in [1.807, 2.05) is 0 Å². The number of ether oxygens (including phenoxy) is 1. The summed E-state index contributed by atoms with van der Waals surface area (Å²) in [6.07, 6.45) is 0. The number of nitrogens with two attached hydrogens (primary N) is 1. The molecule has 0 fully saturated rings. The highest BCUT2D eigenvalue weighted by Crippen LogP contribution is 2.24. The average molecular weight is 302 g/mol. The molecule has 1 aromatic rings. The molecule has 0 spiro atoms. The Morgan fingerprint density at radius 1 is 1.45 bits per heavy atom. The summed E-state index contributed by atoms with van der Waals surface area (Å²) < 4.78 is 32.3. The Morgan fingerprint density at radius 3 is 2.55 bits per heavy atom. The third kappa shape index (κ3) is 3.41. The van der Waals surface area contributed by atoms with Crippen molar-refractivity contribution in [2.24, 2.45) is 11.7 Å². The first-order valence-corrected chi connectivity index (χ1v) is 6.27. The minimum Gasteiger partial charge on any atom is -0.469 e. The van der Waals surface area contributed by atoms with E-state index in [1.54, 1.807) is 14.0 Å². The lowest BCUT2D eigenvalue weighted by Gasteiger charge is -2.23. The molecule has 0 saturated carbocycles. The Balaban J connectivity index is 3.00. The molecule has 0 aliphatic heterocycles. The van der Waals surface area contributed by atoms with Crippen LogP contribution in [-0.4, -0.2) is 31.7 Å². The van der Waals surface area contributed by atoms with Crippen LogP contribution >= 0.6 is 12.2 Å². The number of carbonyl (C=O) groups excluding carboxylic acids is 1. The first-order chi connectivity index (χ1) is 9.29. The minimum absolute atomic E-state index is 0.0262. The molecule has 0 saturated heterocycles. The highest BCUT2D eigenvalue weighted by Gasteiger charge is 2.21. The van der Waals surface area contributed by atoms with Crippen molar-refractivity contribution in [3.05, 3.63) is 29.3 Å². The van der Waals surface area contributed by atoms with Gasteiger partial charge in [-0.05, 0) is 12.1 Å². The van der Waals surface area contributed by atoms with Gasteiger partial charge in [0, 0.05) is 19.2 Å². The van der Waals surface area contributed by atoms with Crippen LogP contribution in [0, 0.1) is 17.6 Å². The lowest BCUT2D eigenvalue weighted by Crippen LogP contribution is -2.30. The van der Waals surface area contributed by atoms with Crippen LogP contribution in [-0.2, 0) is 9.53 Å².